The Morgan fingerprint density at radius 1 is 1.21 bits per heavy atom. The molecule has 7 heteroatoms. The average molecular weight is 348 g/mol. The van der Waals surface area contributed by atoms with Gasteiger partial charge in [-0.15, -0.1) is 0 Å². The first kappa shape index (κ1) is 16.3. The number of carbonyl (C=O) groups excluding carboxylic acids is 2. The van der Waals surface area contributed by atoms with Gasteiger partial charge >= 0.3 is 6.03 Å². The van der Waals surface area contributed by atoms with E-state index in [1.165, 1.54) is 24.3 Å². The van der Waals surface area contributed by atoms with Gasteiger partial charge in [0.1, 0.15) is 5.82 Å². The van der Waals surface area contributed by atoms with Crippen LogP contribution in [0.2, 0.25) is 5.02 Å². The Kier molecular flexibility index (Phi) is 4.66. The van der Waals surface area contributed by atoms with E-state index in [0.717, 1.165) is 0 Å². The zero-order valence-electron chi connectivity index (χ0n) is 12.6. The van der Waals surface area contributed by atoms with Crippen molar-refractivity contribution in [3.05, 3.63) is 59.4 Å². The predicted molar refractivity (Wildman–Crippen MR) is 90.8 cm³/mol. The quantitative estimate of drug-likeness (QED) is 0.893. The van der Waals surface area contributed by atoms with Crippen LogP contribution in [0.4, 0.5) is 20.6 Å². The molecule has 1 aliphatic rings. The van der Waals surface area contributed by atoms with Crippen molar-refractivity contribution in [3.8, 4) is 0 Å². The zero-order chi connectivity index (χ0) is 17.1. The molecule has 1 saturated heterocycles. The highest BCUT2D eigenvalue weighted by Crippen LogP contribution is 2.24. The molecule has 2 aromatic rings. The van der Waals surface area contributed by atoms with E-state index in [4.69, 9.17) is 11.6 Å². The Morgan fingerprint density at radius 3 is 2.67 bits per heavy atom. The topological polar surface area (TPSA) is 61.4 Å². The summed E-state index contributed by atoms with van der Waals surface area (Å²) in [6, 6.07) is 11.7. The Hall–Kier alpha value is -2.60. The number of nitrogens with zero attached hydrogens (tertiary/aromatic N) is 1. The summed E-state index contributed by atoms with van der Waals surface area (Å²) in [6.45, 7) is 0.371. The van der Waals surface area contributed by atoms with Gasteiger partial charge in [-0.1, -0.05) is 17.7 Å². The average Bonchev–Trinajstić information content (AvgIpc) is 2.90. The Bertz CT molecular complexity index is 767. The number of carbonyl (C=O) groups is 2. The number of amides is 3. The monoisotopic (exact) mass is 347 g/mol. The van der Waals surface area contributed by atoms with Crippen molar-refractivity contribution in [2.24, 2.45) is 0 Å². The van der Waals surface area contributed by atoms with E-state index in [0.29, 0.717) is 22.9 Å². The molecule has 24 heavy (non-hydrogen) atoms. The molecule has 0 spiro atoms. The summed E-state index contributed by atoms with van der Waals surface area (Å²) in [6.07, 6.45) is 0.212. The molecule has 0 aromatic heterocycles. The zero-order valence-corrected chi connectivity index (χ0v) is 13.4. The second-order valence-corrected chi connectivity index (χ2v) is 5.93. The second kappa shape index (κ2) is 6.88. The fraction of sp³-hybridized carbons (Fsp3) is 0.176. The number of nitrogens with one attached hydrogen (secondary N) is 2. The molecule has 0 bridgehead atoms. The van der Waals surface area contributed by atoms with Crippen LogP contribution in [0, 0.1) is 5.82 Å². The predicted octanol–water partition coefficient (Wildman–Crippen LogP) is 3.41. The third-order valence-corrected chi connectivity index (χ3v) is 3.92. The van der Waals surface area contributed by atoms with Crippen LogP contribution >= 0.6 is 11.6 Å². The highest BCUT2D eigenvalue weighted by molar-refractivity contribution is 6.30. The molecule has 1 fully saturated rings. The summed E-state index contributed by atoms with van der Waals surface area (Å²) < 4.78 is 12.8. The molecule has 3 rings (SSSR count). The smallest absolute Gasteiger partial charge is 0.319 e. The maximum Gasteiger partial charge on any atom is 0.319 e. The molecule has 0 radical (unpaired) electrons. The lowest BCUT2D eigenvalue weighted by atomic mass is 10.2. The summed E-state index contributed by atoms with van der Waals surface area (Å²) in [5.41, 5.74) is 1.18. The highest BCUT2D eigenvalue weighted by atomic mass is 35.5. The van der Waals surface area contributed by atoms with Crippen LogP contribution in [0.15, 0.2) is 48.5 Å². The first-order valence-electron chi connectivity index (χ1n) is 7.40. The molecule has 1 unspecified atom stereocenters. The van der Waals surface area contributed by atoms with Crippen LogP contribution < -0.4 is 15.5 Å². The molecule has 2 N–H and O–H groups in total. The minimum atomic E-state index is -0.438. The van der Waals surface area contributed by atoms with E-state index in [9.17, 15) is 14.0 Å². The van der Waals surface area contributed by atoms with Gasteiger partial charge in [0.05, 0.1) is 6.04 Å². The first-order valence-corrected chi connectivity index (χ1v) is 7.78. The molecule has 5 nitrogen and oxygen atoms in total. The first-order chi connectivity index (χ1) is 11.5. The SMILES string of the molecule is O=C(Nc1ccc(F)cc1)NC1CC(=O)N(c2cccc(Cl)c2)C1. The second-order valence-electron chi connectivity index (χ2n) is 5.49. The molecular weight excluding hydrogens is 333 g/mol. The number of rotatable bonds is 3. The molecular formula is C17H15ClFN3O2. The number of hydrogen-bond acceptors (Lipinski definition) is 2. The Labute approximate surface area is 143 Å². The number of anilines is 2. The molecule has 1 atom stereocenters. The highest BCUT2D eigenvalue weighted by Gasteiger charge is 2.31. The summed E-state index contributed by atoms with van der Waals surface area (Å²) in [5, 5.41) is 5.90. The van der Waals surface area contributed by atoms with Crippen LogP contribution in [0.25, 0.3) is 0 Å². The van der Waals surface area contributed by atoms with Crippen LogP contribution in [-0.2, 0) is 4.79 Å². The molecule has 2 aromatic carbocycles. The lowest BCUT2D eigenvalue weighted by Crippen LogP contribution is -2.39. The lowest BCUT2D eigenvalue weighted by Gasteiger charge is -2.17. The standard InChI is InChI=1S/C17H15ClFN3O2/c18-11-2-1-3-15(8-11)22-10-14(9-16(22)23)21-17(24)20-13-6-4-12(19)5-7-13/h1-8,14H,9-10H2,(H2,20,21,24). The van der Waals surface area contributed by atoms with Crippen molar-refractivity contribution < 1.29 is 14.0 Å². The van der Waals surface area contributed by atoms with Crippen molar-refractivity contribution in [3.63, 3.8) is 0 Å². The normalized spacial score (nSPS) is 17.0. The van der Waals surface area contributed by atoms with Gasteiger partial charge in [-0.3, -0.25) is 4.79 Å². The van der Waals surface area contributed by atoms with E-state index < -0.39 is 6.03 Å². The van der Waals surface area contributed by atoms with Gasteiger partial charge in [-0.2, -0.15) is 0 Å². The minimum absolute atomic E-state index is 0.0793. The maximum atomic E-state index is 12.8. The lowest BCUT2D eigenvalue weighted by molar-refractivity contribution is -0.117. The van der Waals surface area contributed by atoms with Crippen LogP contribution in [-0.4, -0.2) is 24.5 Å². The van der Waals surface area contributed by atoms with Gasteiger partial charge in [0.15, 0.2) is 0 Å². The van der Waals surface area contributed by atoms with E-state index in [1.807, 2.05) is 0 Å². The third kappa shape index (κ3) is 3.83. The van der Waals surface area contributed by atoms with Crippen molar-refractivity contribution >= 4 is 34.9 Å². The van der Waals surface area contributed by atoms with E-state index >= 15 is 0 Å². The number of halogens is 2. The van der Waals surface area contributed by atoms with Gasteiger partial charge in [0, 0.05) is 29.4 Å². The molecule has 0 saturated carbocycles. The van der Waals surface area contributed by atoms with Gasteiger partial charge in [-0.05, 0) is 42.5 Å². The van der Waals surface area contributed by atoms with Crippen LogP contribution in [0.3, 0.4) is 0 Å². The van der Waals surface area contributed by atoms with Crippen molar-refractivity contribution in [2.45, 2.75) is 12.5 Å². The maximum absolute atomic E-state index is 12.8. The Morgan fingerprint density at radius 2 is 1.96 bits per heavy atom. The summed E-state index contributed by atoms with van der Waals surface area (Å²) in [4.78, 5) is 25.7. The van der Waals surface area contributed by atoms with Crippen molar-refractivity contribution in [1.29, 1.82) is 0 Å². The fourth-order valence-corrected chi connectivity index (χ4v) is 2.77. The van der Waals surface area contributed by atoms with Crippen molar-refractivity contribution in [1.82, 2.24) is 5.32 Å². The van der Waals surface area contributed by atoms with Gasteiger partial charge in [0.2, 0.25) is 5.91 Å². The molecule has 124 valence electrons. The third-order valence-electron chi connectivity index (χ3n) is 3.68. The summed E-state index contributed by atoms with van der Waals surface area (Å²) in [5.74, 6) is -0.455. The van der Waals surface area contributed by atoms with Gasteiger partial charge < -0.3 is 15.5 Å². The van der Waals surface area contributed by atoms with Gasteiger partial charge in [-0.25, -0.2) is 9.18 Å². The number of hydrogen-bond donors (Lipinski definition) is 2. The largest absolute Gasteiger partial charge is 0.333 e. The number of urea groups is 1. The molecule has 1 heterocycles. The summed E-state index contributed by atoms with van der Waals surface area (Å²) >= 11 is 5.95. The Balaban J connectivity index is 1.59. The summed E-state index contributed by atoms with van der Waals surface area (Å²) in [7, 11) is 0. The van der Waals surface area contributed by atoms with E-state index in [1.54, 1.807) is 29.2 Å². The fourth-order valence-electron chi connectivity index (χ4n) is 2.58. The van der Waals surface area contributed by atoms with Crippen LogP contribution in [0.5, 0.6) is 0 Å². The molecule has 3 amide bonds. The minimum Gasteiger partial charge on any atom is -0.333 e. The molecule has 1 aliphatic heterocycles. The van der Waals surface area contributed by atoms with Gasteiger partial charge in [0.25, 0.3) is 0 Å². The van der Waals surface area contributed by atoms with E-state index in [-0.39, 0.29) is 24.2 Å². The van der Waals surface area contributed by atoms with Crippen molar-refractivity contribution in [2.75, 3.05) is 16.8 Å². The van der Waals surface area contributed by atoms with Crippen LogP contribution in [0.1, 0.15) is 6.42 Å². The number of benzene rings is 2. The van der Waals surface area contributed by atoms with E-state index in [2.05, 4.69) is 10.6 Å². The molecule has 0 aliphatic carbocycles.